The van der Waals surface area contributed by atoms with Gasteiger partial charge in [0.05, 0.1) is 6.54 Å². The summed E-state index contributed by atoms with van der Waals surface area (Å²) in [5, 5.41) is 0. The van der Waals surface area contributed by atoms with Gasteiger partial charge < -0.3 is 0 Å². The minimum Gasteiger partial charge on any atom is -0.291 e. The SMILES string of the molecule is Cc1ccc(C(=O)N2CCN=C2c2ccccc2)cc1. The van der Waals surface area contributed by atoms with Crippen molar-refractivity contribution < 1.29 is 4.79 Å². The highest BCUT2D eigenvalue weighted by molar-refractivity contribution is 6.13. The van der Waals surface area contributed by atoms with Crippen LogP contribution in [0.4, 0.5) is 0 Å². The lowest BCUT2D eigenvalue weighted by atomic mass is 10.1. The molecular formula is C17H16N2O. The topological polar surface area (TPSA) is 32.7 Å². The van der Waals surface area contributed by atoms with E-state index in [2.05, 4.69) is 4.99 Å². The molecule has 20 heavy (non-hydrogen) atoms. The van der Waals surface area contributed by atoms with Crippen LogP contribution in [0, 0.1) is 6.92 Å². The average molecular weight is 264 g/mol. The summed E-state index contributed by atoms with van der Waals surface area (Å²) in [4.78, 5) is 18.8. The molecule has 0 aromatic heterocycles. The number of aliphatic imine (C=N–C) groups is 1. The Morgan fingerprint density at radius 1 is 1.05 bits per heavy atom. The van der Waals surface area contributed by atoms with Gasteiger partial charge >= 0.3 is 0 Å². The molecule has 3 nitrogen and oxygen atoms in total. The number of hydrogen-bond donors (Lipinski definition) is 0. The zero-order valence-corrected chi connectivity index (χ0v) is 11.4. The van der Waals surface area contributed by atoms with Gasteiger partial charge in [0.1, 0.15) is 5.84 Å². The normalized spacial score (nSPS) is 14.2. The van der Waals surface area contributed by atoms with Crippen molar-refractivity contribution >= 4 is 11.7 Å². The Hall–Kier alpha value is -2.42. The van der Waals surface area contributed by atoms with Crippen LogP contribution in [0.25, 0.3) is 0 Å². The van der Waals surface area contributed by atoms with Crippen LogP contribution >= 0.6 is 0 Å². The predicted molar refractivity (Wildman–Crippen MR) is 80.1 cm³/mol. The summed E-state index contributed by atoms with van der Waals surface area (Å²) in [7, 11) is 0. The van der Waals surface area contributed by atoms with E-state index in [9.17, 15) is 4.79 Å². The lowest BCUT2D eigenvalue weighted by molar-refractivity contribution is 0.0858. The van der Waals surface area contributed by atoms with Crippen molar-refractivity contribution in [2.75, 3.05) is 13.1 Å². The molecule has 3 rings (SSSR count). The zero-order chi connectivity index (χ0) is 13.9. The van der Waals surface area contributed by atoms with Crippen LogP contribution in [-0.2, 0) is 0 Å². The molecule has 0 spiro atoms. The van der Waals surface area contributed by atoms with Gasteiger partial charge in [0.15, 0.2) is 0 Å². The predicted octanol–water partition coefficient (Wildman–Crippen LogP) is 2.90. The first-order chi connectivity index (χ1) is 9.75. The summed E-state index contributed by atoms with van der Waals surface area (Å²) in [6.07, 6.45) is 0. The van der Waals surface area contributed by atoms with Crippen LogP contribution in [0.5, 0.6) is 0 Å². The highest BCUT2D eigenvalue weighted by Gasteiger charge is 2.25. The Morgan fingerprint density at radius 3 is 2.45 bits per heavy atom. The van der Waals surface area contributed by atoms with E-state index in [1.165, 1.54) is 0 Å². The van der Waals surface area contributed by atoms with Gasteiger partial charge in [-0.25, -0.2) is 0 Å². The third-order valence-corrected chi connectivity index (χ3v) is 3.42. The summed E-state index contributed by atoms with van der Waals surface area (Å²) in [6.45, 7) is 3.33. The van der Waals surface area contributed by atoms with Gasteiger partial charge in [-0.15, -0.1) is 0 Å². The molecule has 100 valence electrons. The molecule has 3 heteroatoms. The number of carbonyl (C=O) groups excluding carboxylic acids is 1. The fourth-order valence-corrected chi connectivity index (χ4v) is 2.33. The highest BCUT2D eigenvalue weighted by atomic mass is 16.2. The molecule has 1 aliphatic rings. The van der Waals surface area contributed by atoms with Gasteiger partial charge in [-0.1, -0.05) is 48.0 Å². The first-order valence-electron chi connectivity index (χ1n) is 6.74. The first kappa shape index (κ1) is 12.6. The molecule has 0 unspecified atom stereocenters. The van der Waals surface area contributed by atoms with Gasteiger partial charge in [0.2, 0.25) is 0 Å². The van der Waals surface area contributed by atoms with Gasteiger partial charge in [0.25, 0.3) is 5.91 Å². The molecule has 0 bridgehead atoms. The number of hydrogen-bond acceptors (Lipinski definition) is 2. The van der Waals surface area contributed by atoms with Crippen LogP contribution in [0.1, 0.15) is 21.5 Å². The first-order valence-corrected chi connectivity index (χ1v) is 6.74. The van der Waals surface area contributed by atoms with E-state index in [0.29, 0.717) is 18.7 Å². The van der Waals surface area contributed by atoms with Gasteiger partial charge in [-0.3, -0.25) is 14.7 Å². The molecule has 0 aliphatic carbocycles. The third-order valence-electron chi connectivity index (χ3n) is 3.42. The maximum atomic E-state index is 12.6. The molecule has 1 aliphatic heterocycles. The van der Waals surface area contributed by atoms with Crippen LogP contribution in [-0.4, -0.2) is 29.7 Å². The number of amides is 1. The summed E-state index contributed by atoms with van der Waals surface area (Å²) >= 11 is 0. The summed E-state index contributed by atoms with van der Waals surface area (Å²) in [6, 6.07) is 17.5. The van der Waals surface area contributed by atoms with Crippen molar-refractivity contribution in [3.63, 3.8) is 0 Å². The van der Waals surface area contributed by atoms with Crippen LogP contribution in [0.2, 0.25) is 0 Å². The number of benzene rings is 2. The second-order valence-corrected chi connectivity index (χ2v) is 4.89. The molecule has 1 amide bonds. The monoisotopic (exact) mass is 264 g/mol. The smallest absolute Gasteiger partial charge is 0.259 e. The Kier molecular flexibility index (Phi) is 3.33. The van der Waals surface area contributed by atoms with Crippen molar-refractivity contribution in [1.82, 2.24) is 4.90 Å². The van der Waals surface area contributed by atoms with Crippen LogP contribution < -0.4 is 0 Å². The van der Waals surface area contributed by atoms with Crippen molar-refractivity contribution in [1.29, 1.82) is 0 Å². The number of aryl methyl sites for hydroxylation is 1. The molecule has 0 N–H and O–H groups in total. The van der Waals surface area contributed by atoms with E-state index in [0.717, 1.165) is 17.0 Å². The van der Waals surface area contributed by atoms with E-state index in [1.807, 2.05) is 61.5 Å². The van der Waals surface area contributed by atoms with Gasteiger partial charge in [-0.05, 0) is 19.1 Å². The van der Waals surface area contributed by atoms with Crippen molar-refractivity contribution in [2.45, 2.75) is 6.92 Å². The Labute approximate surface area is 118 Å². The second kappa shape index (κ2) is 5.29. The summed E-state index contributed by atoms with van der Waals surface area (Å²) in [5.74, 6) is 0.793. The van der Waals surface area contributed by atoms with Gasteiger partial charge in [0, 0.05) is 17.7 Å². The van der Waals surface area contributed by atoms with Crippen molar-refractivity contribution in [2.24, 2.45) is 4.99 Å². The molecule has 0 fully saturated rings. The molecule has 2 aromatic rings. The third kappa shape index (κ3) is 2.35. The van der Waals surface area contributed by atoms with Crippen molar-refractivity contribution in [3.8, 4) is 0 Å². The molecule has 0 atom stereocenters. The lowest BCUT2D eigenvalue weighted by Crippen LogP contribution is -2.34. The molecular weight excluding hydrogens is 248 g/mol. The lowest BCUT2D eigenvalue weighted by Gasteiger charge is -2.18. The standard InChI is InChI=1S/C17H16N2O/c1-13-7-9-15(10-8-13)17(20)19-12-11-18-16(19)14-5-3-2-4-6-14/h2-10H,11-12H2,1H3. The summed E-state index contributed by atoms with van der Waals surface area (Å²) < 4.78 is 0. The Bertz CT molecular complexity index is 644. The van der Waals surface area contributed by atoms with Crippen LogP contribution in [0.3, 0.4) is 0 Å². The average Bonchev–Trinajstić information content (AvgIpc) is 2.97. The minimum absolute atomic E-state index is 0.0186. The van der Waals surface area contributed by atoms with Crippen molar-refractivity contribution in [3.05, 3.63) is 71.3 Å². The quantitative estimate of drug-likeness (QED) is 0.821. The zero-order valence-electron chi connectivity index (χ0n) is 11.4. The minimum atomic E-state index is 0.0186. The van der Waals surface area contributed by atoms with E-state index in [1.54, 1.807) is 4.90 Å². The maximum absolute atomic E-state index is 12.6. The maximum Gasteiger partial charge on any atom is 0.259 e. The Balaban J connectivity index is 1.89. The molecule has 0 radical (unpaired) electrons. The molecule has 1 heterocycles. The van der Waals surface area contributed by atoms with Gasteiger partial charge in [-0.2, -0.15) is 0 Å². The fraction of sp³-hybridized carbons (Fsp3) is 0.176. The fourth-order valence-electron chi connectivity index (χ4n) is 2.33. The number of carbonyl (C=O) groups is 1. The molecule has 0 saturated heterocycles. The second-order valence-electron chi connectivity index (χ2n) is 4.89. The van der Waals surface area contributed by atoms with E-state index >= 15 is 0 Å². The largest absolute Gasteiger partial charge is 0.291 e. The van der Waals surface area contributed by atoms with E-state index in [4.69, 9.17) is 0 Å². The summed E-state index contributed by atoms with van der Waals surface area (Å²) in [5.41, 5.74) is 2.85. The number of rotatable bonds is 2. The molecule has 2 aromatic carbocycles. The van der Waals surface area contributed by atoms with Crippen LogP contribution in [0.15, 0.2) is 59.6 Å². The Morgan fingerprint density at radius 2 is 1.75 bits per heavy atom. The highest BCUT2D eigenvalue weighted by Crippen LogP contribution is 2.15. The number of amidine groups is 1. The molecule has 0 saturated carbocycles. The van der Waals surface area contributed by atoms with E-state index in [-0.39, 0.29) is 5.91 Å². The van der Waals surface area contributed by atoms with E-state index < -0.39 is 0 Å². The number of nitrogens with zero attached hydrogens (tertiary/aromatic N) is 2.